The standard InChI is InChI=1S/C11H14N2O2/c1-15-11(14)10-4-2-3-9(13-10)7-12-8-5-6-8/h2-4,8,12H,5-7H2,1H3. The molecule has 1 fully saturated rings. The van der Waals surface area contributed by atoms with Crippen molar-refractivity contribution >= 4 is 5.97 Å². The maximum atomic E-state index is 11.2. The van der Waals surface area contributed by atoms with Gasteiger partial charge in [0.2, 0.25) is 0 Å². The van der Waals surface area contributed by atoms with Crippen LogP contribution in [0.2, 0.25) is 0 Å². The van der Waals surface area contributed by atoms with E-state index >= 15 is 0 Å². The molecule has 0 aromatic carbocycles. The van der Waals surface area contributed by atoms with Crippen molar-refractivity contribution in [1.29, 1.82) is 0 Å². The van der Waals surface area contributed by atoms with E-state index in [2.05, 4.69) is 15.0 Å². The first-order valence-corrected chi connectivity index (χ1v) is 5.07. The fourth-order valence-corrected chi connectivity index (χ4v) is 1.33. The molecule has 2 rings (SSSR count). The zero-order chi connectivity index (χ0) is 10.7. The van der Waals surface area contributed by atoms with E-state index in [9.17, 15) is 4.79 Å². The van der Waals surface area contributed by atoms with Gasteiger partial charge in [0, 0.05) is 12.6 Å². The normalized spacial score (nSPS) is 15.0. The van der Waals surface area contributed by atoms with Gasteiger partial charge >= 0.3 is 5.97 Å². The van der Waals surface area contributed by atoms with Crippen molar-refractivity contribution in [2.24, 2.45) is 0 Å². The van der Waals surface area contributed by atoms with E-state index in [0.29, 0.717) is 11.7 Å². The number of carbonyl (C=O) groups excluding carboxylic acids is 1. The lowest BCUT2D eigenvalue weighted by Crippen LogP contribution is -2.17. The number of hydrogen-bond donors (Lipinski definition) is 1. The molecule has 0 atom stereocenters. The van der Waals surface area contributed by atoms with Crippen LogP contribution in [-0.4, -0.2) is 24.1 Å². The van der Waals surface area contributed by atoms with E-state index in [1.807, 2.05) is 12.1 Å². The third-order valence-electron chi connectivity index (χ3n) is 2.35. The van der Waals surface area contributed by atoms with Crippen molar-refractivity contribution < 1.29 is 9.53 Å². The average molecular weight is 206 g/mol. The summed E-state index contributed by atoms with van der Waals surface area (Å²) < 4.78 is 4.61. The molecule has 0 unspecified atom stereocenters. The first kappa shape index (κ1) is 10.1. The fourth-order valence-electron chi connectivity index (χ4n) is 1.33. The number of rotatable bonds is 4. The minimum absolute atomic E-state index is 0.368. The van der Waals surface area contributed by atoms with Crippen LogP contribution in [0.5, 0.6) is 0 Å². The summed E-state index contributed by atoms with van der Waals surface area (Å²) >= 11 is 0. The number of ether oxygens (including phenoxy) is 1. The first-order valence-electron chi connectivity index (χ1n) is 5.07. The second kappa shape index (κ2) is 4.40. The van der Waals surface area contributed by atoms with Crippen LogP contribution < -0.4 is 5.32 Å². The van der Waals surface area contributed by atoms with Crippen LogP contribution in [0.1, 0.15) is 29.0 Å². The van der Waals surface area contributed by atoms with Crippen LogP contribution in [0, 0.1) is 0 Å². The summed E-state index contributed by atoms with van der Waals surface area (Å²) in [5, 5.41) is 3.34. The van der Waals surface area contributed by atoms with Crippen LogP contribution in [0.15, 0.2) is 18.2 Å². The highest BCUT2D eigenvalue weighted by atomic mass is 16.5. The molecule has 1 aliphatic carbocycles. The van der Waals surface area contributed by atoms with Gasteiger partial charge in [0.25, 0.3) is 0 Å². The Bertz CT molecular complexity index is 361. The summed E-state index contributed by atoms with van der Waals surface area (Å²) in [6.07, 6.45) is 2.49. The molecule has 0 saturated heterocycles. The third-order valence-corrected chi connectivity index (χ3v) is 2.35. The number of nitrogens with one attached hydrogen (secondary N) is 1. The summed E-state index contributed by atoms with van der Waals surface area (Å²) in [6, 6.07) is 6.03. The molecule has 4 heteroatoms. The van der Waals surface area contributed by atoms with Gasteiger partial charge in [0.15, 0.2) is 0 Å². The van der Waals surface area contributed by atoms with Crippen LogP contribution in [-0.2, 0) is 11.3 Å². The predicted octanol–water partition coefficient (Wildman–Crippen LogP) is 1.12. The molecule has 0 spiro atoms. The Hall–Kier alpha value is -1.42. The summed E-state index contributed by atoms with van der Waals surface area (Å²) in [4.78, 5) is 15.4. The number of aromatic nitrogens is 1. The van der Waals surface area contributed by atoms with Crippen molar-refractivity contribution in [3.63, 3.8) is 0 Å². The molecule has 1 saturated carbocycles. The largest absolute Gasteiger partial charge is 0.464 e. The van der Waals surface area contributed by atoms with Gasteiger partial charge < -0.3 is 10.1 Å². The van der Waals surface area contributed by atoms with Crippen molar-refractivity contribution in [3.8, 4) is 0 Å². The molecule has 1 heterocycles. The highest BCUT2D eigenvalue weighted by molar-refractivity contribution is 5.87. The van der Waals surface area contributed by atoms with Crippen LogP contribution >= 0.6 is 0 Å². The Balaban J connectivity index is 2.00. The number of pyridine rings is 1. The maximum absolute atomic E-state index is 11.2. The van der Waals surface area contributed by atoms with Gasteiger partial charge in [-0.05, 0) is 25.0 Å². The van der Waals surface area contributed by atoms with Crippen molar-refractivity contribution in [1.82, 2.24) is 10.3 Å². The predicted molar refractivity (Wildman–Crippen MR) is 55.4 cm³/mol. The van der Waals surface area contributed by atoms with Gasteiger partial charge in [0.05, 0.1) is 12.8 Å². The maximum Gasteiger partial charge on any atom is 0.356 e. The van der Waals surface area contributed by atoms with Gasteiger partial charge in [-0.3, -0.25) is 0 Å². The van der Waals surface area contributed by atoms with Gasteiger partial charge in [-0.2, -0.15) is 0 Å². The van der Waals surface area contributed by atoms with Crippen LogP contribution in [0.25, 0.3) is 0 Å². The summed E-state index contributed by atoms with van der Waals surface area (Å²) in [5.41, 5.74) is 1.25. The van der Waals surface area contributed by atoms with Crippen LogP contribution in [0.4, 0.5) is 0 Å². The van der Waals surface area contributed by atoms with Gasteiger partial charge in [-0.15, -0.1) is 0 Å². The number of esters is 1. The molecular formula is C11H14N2O2. The van der Waals surface area contributed by atoms with E-state index in [1.54, 1.807) is 6.07 Å². The monoisotopic (exact) mass is 206 g/mol. The molecule has 4 nitrogen and oxygen atoms in total. The van der Waals surface area contributed by atoms with Gasteiger partial charge in [-0.25, -0.2) is 9.78 Å². The second-order valence-electron chi connectivity index (χ2n) is 3.66. The lowest BCUT2D eigenvalue weighted by atomic mass is 10.3. The molecule has 1 aromatic heterocycles. The van der Waals surface area contributed by atoms with Crippen molar-refractivity contribution in [2.45, 2.75) is 25.4 Å². The highest BCUT2D eigenvalue weighted by Crippen LogP contribution is 2.19. The number of nitrogens with zero attached hydrogens (tertiary/aromatic N) is 1. The second-order valence-corrected chi connectivity index (χ2v) is 3.66. The molecular weight excluding hydrogens is 192 g/mol. The molecule has 1 N–H and O–H groups in total. The fraction of sp³-hybridized carbons (Fsp3) is 0.455. The number of methoxy groups -OCH3 is 1. The SMILES string of the molecule is COC(=O)c1cccc(CNC2CC2)n1. The van der Waals surface area contributed by atoms with E-state index in [-0.39, 0.29) is 5.97 Å². The van der Waals surface area contributed by atoms with Crippen LogP contribution in [0.3, 0.4) is 0 Å². The smallest absolute Gasteiger partial charge is 0.356 e. The zero-order valence-electron chi connectivity index (χ0n) is 8.69. The van der Waals surface area contributed by atoms with Crippen molar-refractivity contribution in [3.05, 3.63) is 29.6 Å². The summed E-state index contributed by atoms with van der Waals surface area (Å²) in [5.74, 6) is -0.386. The summed E-state index contributed by atoms with van der Waals surface area (Å²) in [6.45, 7) is 0.718. The van der Waals surface area contributed by atoms with E-state index < -0.39 is 0 Å². The molecule has 80 valence electrons. The van der Waals surface area contributed by atoms with Crippen molar-refractivity contribution in [2.75, 3.05) is 7.11 Å². The molecule has 15 heavy (non-hydrogen) atoms. The van der Waals surface area contributed by atoms with E-state index in [4.69, 9.17) is 0 Å². The molecule has 1 aromatic rings. The Morgan fingerprint density at radius 2 is 2.40 bits per heavy atom. The molecule has 1 aliphatic rings. The number of hydrogen-bond acceptors (Lipinski definition) is 4. The summed E-state index contributed by atoms with van der Waals surface area (Å²) in [7, 11) is 1.36. The highest BCUT2D eigenvalue weighted by Gasteiger charge is 2.20. The molecule has 0 bridgehead atoms. The third kappa shape index (κ3) is 2.76. The van der Waals surface area contributed by atoms with E-state index in [1.165, 1.54) is 20.0 Å². The zero-order valence-corrected chi connectivity index (χ0v) is 8.69. The van der Waals surface area contributed by atoms with Gasteiger partial charge in [-0.1, -0.05) is 6.07 Å². The lowest BCUT2D eigenvalue weighted by molar-refractivity contribution is 0.0593. The quantitative estimate of drug-likeness (QED) is 0.750. The molecule has 0 aliphatic heterocycles. The van der Waals surface area contributed by atoms with E-state index in [0.717, 1.165) is 12.2 Å². The number of carbonyl (C=O) groups is 1. The average Bonchev–Trinajstić information content (AvgIpc) is 3.09. The lowest BCUT2D eigenvalue weighted by Gasteiger charge is -2.03. The Morgan fingerprint density at radius 3 is 3.07 bits per heavy atom. The first-order chi connectivity index (χ1) is 7.29. The Kier molecular flexibility index (Phi) is 2.97. The molecule has 0 amide bonds. The minimum atomic E-state index is -0.386. The minimum Gasteiger partial charge on any atom is -0.464 e. The van der Waals surface area contributed by atoms with Gasteiger partial charge in [0.1, 0.15) is 5.69 Å². The Labute approximate surface area is 88.7 Å². The Morgan fingerprint density at radius 1 is 1.60 bits per heavy atom. The topological polar surface area (TPSA) is 51.2 Å². The molecule has 0 radical (unpaired) electrons.